The molecule has 0 spiro atoms. The minimum absolute atomic E-state index is 0.0566. The predicted octanol–water partition coefficient (Wildman–Crippen LogP) is 9.52. The number of nitrogens with zero attached hydrogens (tertiary/aromatic N) is 4. The molecule has 4 heteroatoms. The summed E-state index contributed by atoms with van der Waals surface area (Å²) in [7, 11) is 0. The van der Waals surface area contributed by atoms with Gasteiger partial charge in [0.2, 0.25) is 0 Å². The summed E-state index contributed by atoms with van der Waals surface area (Å²) in [4.78, 5) is 20.2. The van der Waals surface area contributed by atoms with Crippen LogP contribution in [0.25, 0.3) is 66.8 Å². The molecule has 2 aliphatic rings. The highest BCUT2D eigenvalue weighted by Crippen LogP contribution is 2.49. The molecule has 0 saturated carbocycles. The lowest BCUT2D eigenvalue weighted by atomic mass is 9.83. The van der Waals surface area contributed by atoms with E-state index in [0.717, 1.165) is 55.7 Å². The minimum atomic E-state index is -0.0566. The summed E-state index contributed by atoms with van der Waals surface area (Å²) in [6, 6.07) is 34.6. The van der Waals surface area contributed by atoms with Crippen molar-refractivity contribution in [3.8, 4) is 45.0 Å². The van der Waals surface area contributed by atoms with Crippen molar-refractivity contribution in [2.45, 2.75) is 38.5 Å². The largest absolute Gasteiger partial charge is 0.253 e. The minimum Gasteiger partial charge on any atom is -0.253 e. The lowest BCUT2D eigenvalue weighted by Crippen LogP contribution is -2.14. The zero-order valence-corrected chi connectivity index (χ0v) is 25.2. The van der Waals surface area contributed by atoms with Gasteiger partial charge in [-0.25, -0.2) is 9.97 Å². The summed E-state index contributed by atoms with van der Waals surface area (Å²) in [5.41, 5.74) is 15.3. The molecule has 3 aromatic carbocycles. The Balaban J connectivity index is 1.10. The highest BCUT2D eigenvalue weighted by atomic mass is 14.8. The molecule has 44 heavy (non-hydrogen) atoms. The van der Waals surface area contributed by atoms with Crippen LogP contribution >= 0.6 is 0 Å². The van der Waals surface area contributed by atoms with Gasteiger partial charge in [0.1, 0.15) is 0 Å². The first-order valence-electron chi connectivity index (χ1n) is 15.2. The fourth-order valence-corrected chi connectivity index (χ4v) is 7.49. The quantitative estimate of drug-likeness (QED) is 0.196. The molecule has 0 amide bonds. The van der Waals surface area contributed by atoms with E-state index in [2.05, 4.69) is 125 Å². The maximum atomic E-state index is 5.16. The molecule has 9 rings (SSSR count). The van der Waals surface area contributed by atoms with Crippen LogP contribution in [0.5, 0.6) is 0 Å². The molecule has 210 valence electrons. The molecule has 0 atom stereocenters. The number of benzene rings is 3. The van der Waals surface area contributed by atoms with Crippen LogP contribution in [0, 0.1) is 0 Å². The van der Waals surface area contributed by atoms with Gasteiger partial charge in [0.05, 0.1) is 33.8 Å². The van der Waals surface area contributed by atoms with Crippen LogP contribution in [0.2, 0.25) is 0 Å². The smallest absolute Gasteiger partial charge is 0.0965 e. The first-order valence-corrected chi connectivity index (χ1v) is 15.2. The molecule has 0 saturated heterocycles. The van der Waals surface area contributed by atoms with E-state index < -0.39 is 0 Å². The second kappa shape index (κ2) is 8.67. The van der Waals surface area contributed by atoms with E-state index in [-0.39, 0.29) is 10.8 Å². The Hall–Kier alpha value is -5.22. The molecule has 4 heterocycles. The maximum Gasteiger partial charge on any atom is 0.0965 e. The summed E-state index contributed by atoms with van der Waals surface area (Å²) in [5, 5.41) is 2.10. The average molecular weight is 567 g/mol. The van der Waals surface area contributed by atoms with E-state index in [1.807, 2.05) is 12.4 Å². The highest BCUT2D eigenvalue weighted by Gasteiger charge is 2.37. The SMILES string of the molecule is CC1(C)c2ccccc2-c2nc(-c3cnc4c(ccc5cc(-c6ccc7c(n6)-c6ccccc6C7(C)C)cnc54)c3)ccc21. The van der Waals surface area contributed by atoms with E-state index >= 15 is 0 Å². The highest BCUT2D eigenvalue weighted by molar-refractivity contribution is 6.04. The standard InChI is InChI=1S/C40H30N4/c1-39(2)29-11-7-5-9-27(29)37-31(39)15-17-33(43-37)25-19-23-13-14-24-20-26(22-42-36(24)35(23)41-21-25)34-18-16-32-38(44-34)28-10-6-8-12-30(28)40(32,3)4/h5-22H,1-4H3. The fourth-order valence-electron chi connectivity index (χ4n) is 7.49. The van der Waals surface area contributed by atoms with Crippen molar-refractivity contribution >= 4 is 21.8 Å². The van der Waals surface area contributed by atoms with Crippen LogP contribution in [0.1, 0.15) is 49.9 Å². The van der Waals surface area contributed by atoms with Crippen molar-refractivity contribution in [2.24, 2.45) is 0 Å². The third kappa shape index (κ3) is 3.39. The zero-order valence-electron chi connectivity index (χ0n) is 25.2. The number of hydrogen-bond donors (Lipinski definition) is 0. The Morgan fingerprint density at radius 3 is 1.34 bits per heavy atom. The number of rotatable bonds is 2. The summed E-state index contributed by atoms with van der Waals surface area (Å²) < 4.78 is 0. The number of aromatic nitrogens is 4. The van der Waals surface area contributed by atoms with Crippen molar-refractivity contribution < 1.29 is 0 Å². The fraction of sp³-hybridized carbons (Fsp3) is 0.150. The van der Waals surface area contributed by atoms with E-state index in [0.29, 0.717) is 0 Å². The molecule has 0 aliphatic heterocycles. The second-order valence-corrected chi connectivity index (χ2v) is 13.2. The van der Waals surface area contributed by atoms with Gasteiger partial charge in [-0.05, 0) is 46.5 Å². The van der Waals surface area contributed by atoms with Crippen LogP contribution in [-0.2, 0) is 10.8 Å². The van der Waals surface area contributed by atoms with Crippen molar-refractivity contribution in [1.82, 2.24) is 19.9 Å². The van der Waals surface area contributed by atoms with Crippen molar-refractivity contribution in [2.75, 3.05) is 0 Å². The monoisotopic (exact) mass is 566 g/mol. The third-order valence-corrected chi connectivity index (χ3v) is 9.94. The summed E-state index contributed by atoms with van der Waals surface area (Å²) in [5.74, 6) is 0. The van der Waals surface area contributed by atoms with Crippen LogP contribution in [0.3, 0.4) is 0 Å². The molecule has 0 bridgehead atoms. The number of pyridine rings is 4. The zero-order chi connectivity index (χ0) is 29.8. The topological polar surface area (TPSA) is 51.6 Å². The summed E-state index contributed by atoms with van der Waals surface area (Å²) >= 11 is 0. The Morgan fingerprint density at radius 2 is 0.886 bits per heavy atom. The Bertz CT molecular complexity index is 2180. The predicted molar refractivity (Wildman–Crippen MR) is 179 cm³/mol. The van der Waals surface area contributed by atoms with Crippen LogP contribution in [0.15, 0.2) is 109 Å². The molecule has 2 aliphatic carbocycles. The molecule has 0 unspecified atom stereocenters. The Morgan fingerprint density at radius 1 is 0.455 bits per heavy atom. The average Bonchev–Trinajstić information content (AvgIpc) is 3.43. The van der Waals surface area contributed by atoms with Gasteiger partial charge in [-0.15, -0.1) is 0 Å². The Labute approximate surface area is 256 Å². The van der Waals surface area contributed by atoms with E-state index in [1.54, 1.807) is 0 Å². The lowest BCUT2D eigenvalue weighted by Gasteiger charge is -2.20. The first kappa shape index (κ1) is 25.3. The molecule has 0 N–H and O–H groups in total. The van der Waals surface area contributed by atoms with Crippen molar-refractivity contribution in [3.63, 3.8) is 0 Å². The van der Waals surface area contributed by atoms with Crippen molar-refractivity contribution in [1.29, 1.82) is 0 Å². The molecule has 0 fully saturated rings. The van der Waals surface area contributed by atoms with Crippen LogP contribution < -0.4 is 0 Å². The van der Waals surface area contributed by atoms with E-state index in [4.69, 9.17) is 19.9 Å². The first-order chi connectivity index (χ1) is 21.3. The van der Waals surface area contributed by atoms with Gasteiger partial charge < -0.3 is 0 Å². The molecule has 0 radical (unpaired) electrons. The Kier molecular flexibility index (Phi) is 4.98. The molecule has 4 nitrogen and oxygen atoms in total. The van der Waals surface area contributed by atoms with Gasteiger partial charge in [-0.2, -0.15) is 0 Å². The van der Waals surface area contributed by atoms with Gasteiger partial charge in [0, 0.05) is 56.2 Å². The van der Waals surface area contributed by atoms with Gasteiger partial charge in [-0.1, -0.05) is 100 Å². The molecular formula is C40H30N4. The van der Waals surface area contributed by atoms with E-state index in [9.17, 15) is 0 Å². The maximum absolute atomic E-state index is 5.16. The normalized spacial score (nSPS) is 15.2. The summed E-state index contributed by atoms with van der Waals surface area (Å²) in [6.07, 6.45) is 3.86. The lowest BCUT2D eigenvalue weighted by molar-refractivity contribution is 0.659. The van der Waals surface area contributed by atoms with Gasteiger partial charge in [0.15, 0.2) is 0 Å². The number of hydrogen-bond acceptors (Lipinski definition) is 4. The second-order valence-electron chi connectivity index (χ2n) is 13.2. The molecule has 4 aromatic heterocycles. The van der Waals surface area contributed by atoms with Gasteiger partial charge in [0.25, 0.3) is 0 Å². The summed E-state index contributed by atoms with van der Waals surface area (Å²) in [6.45, 7) is 9.11. The number of fused-ring (bicyclic) bond motifs is 9. The third-order valence-electron chi connectivity index (χ3n) is 9.94. The van der Waals surface area contributed by atoms with Gasteiger partial charge in [-0.3, -0.25) is 9.97 Å². The van der Waals surface area contributed by atoms with Crippen molar-refractivity contribution in [3.05, 3.63) is 132 Å². The molecule has 7 aromatic rings. The van der Waals surface area contributed by atoms with Crippen LogP contribution in [-0.4, -0.2) is 19.9 Å². The van der Waals surface area contributed by atoms with Crippen LogP contribution in [0.4, 0.5) is 0 Å². The van der Waals surface area contributed by atoms with E-state index in [1.165, 1.54) is 33.4 Å². The van der Waals surface area contributed by atoms with Gasteiger partial charge >= 0.3 is 0 Å². The molecular weight excluding hydrogens is 536 g/mol.